The van der Waals surface area contributed by atoms with Gasteiger partial charge in [-0.2, -0.15) is 0 Å². The highest BCUT2D eigenvalue weighted by molar-refractivity contribution is 8.06. The van der Waals surface area contributed by atoms with Crippen LogP contribution in [-0.2, 0) is 10.9 Å². The van der Waals surface area contributed by atoms with Crippen LogP contribution in [0.5, 0.6) is 0 Å². The molecule has 0 saturated carbocycles. The summed E-state index contributed by atoms with van der Waals surface area (Å²) in [7, 11) is -0.635. The fourth-order valence-corrected chi connectivity index (χ4v) is 2.21. The van der Waals surface area contributed by atoms with Crippen LogP contribution in [0.4, 0.5) is 0 Å². The van der Waals surface area contributed by atoms with Crippen molar-refractivity contribution in [1.29, 1.82) is 0 Å². The van der Waals surface area contributed by atoms with Gasteiger partial charge in [-0.15, -0.1) is 0 Å². The summed E-state index contributed by atoms with van der Waals surface area (Å²) in [5.74, 6) is 16.5. The predicted molar refractivity (Wildman–Crippen MR) is 85.5 cm³/mol. The smallest absolute Gasteiger partial charge is 0.214 e. The van der Waals surface area contributed by atoms with Crippen molar-refractivity contribution in [2.24, 2.45) is 0 Å². The molecular formula is C18H13OS+. The van der Waals surface area contributed by atoms with Gasteiger partial charge in [0.2, 0.25) is 5.78 Å². The van der Waals surface area contributed by atoms with Gasteiger partial charge in [-0.25, -0.2) is 0 Å². The third-order valence-corrected chi connectivity index (χ3v) is 3.34. The van der Waals surface area contributed by atoms with Crippen LogP contribution in [-0.4, -0.2) is 11.5 Å². The molecule has 0 bridgehead atoms. The van der Waals surface area contributed by atoms with Crippen LogP contribution in [0.15, 0.2) is 30.3 Å². The molecule has 0 aliphatic heterocycles. The van der Waals surface area contributed by atoms with Gasteiger partial charge >= 0.3 is 0 Å². The maximum atomic E-state index is 12.1. The van der Waals surface area contributed by atoms with Crippen LogP contribution in [0, 0.1) is 46.0 Å². The lowest BCUT2D eigenvalue weighted by Gasteiger charge is -1.95. The van der Waals surface area contributed by atoms with E-state index in [2.05, 4.69) is 46.0 Å². The first kappa shape index (κ1) is 15.5. The highest BCUT2D eigenvalue weighted by Crippen LogP contribution is 2.04. The molecule has 96 valence electrons. The molecule has 1 rings (SSSR count). The molecule has 0 amide bonds. The highest BCUT2D eigenvalue weighted by Gasteiger charge is 2.20. The molecule has 1 aromatic carbocycles. The van der Waals surface area contributed by atoms with Crippen LogP contribution in [0.1, 0.15) is 24.2 Å². The first-order valence-electron chi connectivity index (χ1n) is 5.92. The summed E-state index contributed by atoms with van der Waals surface area (Å²) < 4.78 is 0. The van der Waals surface area contributed by atoms with Crippen molar-refractivity contribution in [2.75, 3.05) is 5.75 Å². The van der Waals surface area contributed by atoms with Crippen molar-refractivity contribution in [2.45, 2.75) is 13.8 Å². The van der Waals surface area contributed by atoms with Gasteiger partial charge in [-0.1, -0.05) is 42.2 Å². The minimum atomic E-state index is -0.635. The Kier molecular flexibility index (Phi) is 7.31. The lowest BCUT2D eigenvalue weighted by atomic mass is 10.2. The summed E-state index contributed by atoms with van der Waals surface area (Å²) in [5.41, 5.74) is 0.678. The van der Waals surface area contributed by atoms with Gasteiger partial charge in [0, 0.05) is 17.4 Å². The Hall–Kier alpha value is -2.52. The first-order chi connectivity index (χ1) is 9.77. The largest absolute Gasteiger partial charge is 0.289 e. The summed E-state index contributed by atoms with van der Waals surface area (Å²) in [6.07, 6.45) is 0. The van der Waals surface area contributed by atoms with Gasteiger partial charge in [0.15, 0.2) is 27.2 Å². The molecule has 0 aliphatic carbocycles. The number of ketones is 1. The van der Waals surface area contributed by atoms with Crippen molar-refractivity contribution in [3.63, 3.8) is 0 Å². The molecule has 0 heterocycles. The Balaban J connectivity index is 2.86. The Bertz CT molecular complexity index is 663. The molecular weight excluding hydrogens is 264 g/mol. The average Bonchev–Trinajstić information content (AvgIpc) is 2.48. The molecule has 0 atom stereocenters. The van der Waals surface area contributed by atoms with E-state index in [1.165, 1.54) is 0 Å². The number of carbonyl (C=O) groups is 1. The molecule has 20 heavy (non-hydrogen) atoms. The minimum absolute atomic E-state index is 0.0337. The van der Waals surface area contributed by atoms with Crippen LogP contribution in [0.2, 0.25) is 0 Å². The summed E-state index contributed by atoms with van der Waals surface area (Å²) in [6.45, 7) is 3.44. The van der Waals surface area contributed by atoms with Crippen LogP contribution < -0.4 is 0 Å². The van der Waals surface area contributed by atoms with E-state index in [1.54, 1.807) is 26.0 Å². The molecule has 0 aromatic heterocycles. The summed E-state index contributed by atoms with van der Waals surface area (Å²) in [4.78, 5) is 12.1. The molecule has 0 aliphatic rings. The summed E-state index contributed by atoms with van der Waals surface area (Å²) >= 11 is 0. The SMILES string of the molecule is CC#CC#C[S+](C#CC#CC)CC(=O)c1ccccc1. The average molecular weight is 277 g/mol. The monoisotopic (exact) mass is 277 g/mol. The number of hydrogen-bond acceptors (Lipinski definition) is 1. The predicted octanol–water partition coefficient (Wildman–Crippen LogP) is 2.46. The van der Waals surface area contributed by atoms with Crippen molar-refractivity contribution < 1.29 is 4.79 Å². The van der Waals surface area contributed by atoms with Gasteiger partial charge < -0.3 is 0 Å². The lowest BCUT2D eigenvalue weighted by Crippen LogP contribution is -2.13. The van der Waals surface area contributed by atoms with Gasteiger partial charge in [-0.3, -0.25) is 4.79 Å². The number of rotatable bonds is 3. The molecule has 1 aromatic rings. The van der Waals surface area contributed by atoms with Gasteiger partial charge in [0.1, 0.15) is 0 Å². The molecule has 0 spiro atoms. The zero-order chi connectivity index (χ0) is 14.6. The summed E-state index contributed by atoms with van der Waals surface area (Å²) in [5, 5.41) is 5.84. The van der Waals surface area contributed by atoms with Crippen LogP contribution in [0.3, 0.4) is 0 Å². The number of Topliss-reactive ketones (excluding diaryl/α,β-unsaturated/α-hetero) is 1. The Morgan fingerprint density at radius 1 is 0.950 bits per heavy atom. The van der Waals surface area contributed by atoms with E-state index in [4.69, 9.17) is 0 Å². The molecule has 0 radical (unpaired) electrons. The van der Waals surface area contributed by atoms with Gasteiger partial charge in [0.05, 0.1) is 0 Å². The maximum Gasteiger partial charge on any atom is 0.214 e. The Labute approximate surface area is 123 Å². The van der Waals surface area contributed by atoms with Gasteiger partial charge in [-0.05, 0) is 25.7 Å². The molecule has 1 nitrogen and oxygen atoms in total. The normalized spacial score (nSPS) is 7.75. The van der Waals surface area contributed by atoms with E-state index in [0.717, 1.165) is 0 Å². The molecule has 0 fully saturated rings. The maximum absolute atomic E-state index is 12.1. The number of hydrogen-bond donors (Lipinski definition) is 0. The fourth-order valence-electron chi connectivity index (χ4n) is 1.24. The van der Waals surface area contributed by atoms with Crippen molar-refractivity contribution >= 4 is 16.7 Å². The number of benzene rings is 1. The van der Waals surface area contributed by atoms with Gasteiger partial charge in [0.25, 0.3) is 0 Å². The van der Waals surface area contributed by atoms with E-state index in [0.29, 0.717) is 5.56 Å². The minimum Gasteiger partial charge on any atom is -0.289 e. The topological polar surface area (TPSA) is 17.1 Å². The third-order valence-electron chi connectivity index (χ3n) is 2.09. The van der Waals surface area contributed by atoms with E-state index in [9.17, 15) is 4.79 Å². The van der Waals surface area contributed by atoms with E-state index >= 15 is 0 Å². The van der Waals surface area contributed by atoms with Crippen molar-refractivity contribution in [3.05, 3.63) is 35.9 Å². The quantitative estimate of drug-likeness (QED) is 0.471. The van der Waals surface area contributed by atoms with Crippen molar-refractivity contribution in [1.82, 2.24) is 0 Å². The fraction of sp³-hybridized carbons (Fsp3) is 0.167. The molecule has 0 unspecified atom stereocenters. The molecule has 0 saturated heterocycles. The van der Waals surface area contributed by atoms with E-state index in [-0.39, 0.29) is 11.5 Å². The Morgan fingerprint density at radius 2 is 1.50 bits per heavy atom. The first-order valence-corrected chi connectivity index (χ1v) is 7.31. The zero-order valence-corrected chi connectivity index (χ0v) is 12.2. The second kappa shape index (κ2) is 9.42. The van der Waals surface area contributed by atoms with Crippen molar-refractivity contribution in [3.8, 4) is 46.0 Å². The highest BCUT2D eigenvalue weighted by atomic mass is 32.2. The zero-order valence-electron chi connectivity index (χ0n) is 11.4. The number of carbonyl (C=O) groups excluding carboxylic acids is 1. The Morgan fingerprint density at radius 3 is 2.00 bits per heavy atom. The summed E-state index contributed by atoms with van der Waals surface area (Å²) in [6, 6.07) is 9.15. The lowest BCUT2D eigenvalue weighted by molar-refractivity contribution is 0.102. The molecule has 2 heteroatoms. The van der Waals surface area contributed by atoms with Crippen LogP contribution >= 0.6 is 0 Å². The standard InChI is InChI=1S/C18H13OS/c1-3-5-10-14-20(15-11-6-4-2)16-18(19)17-12-8-7-9-13-17/h7-9,12-13H,16H2,1-2H3/q+1. The van der Waals surface area contributed by atoms with E-state index in [1.807, 2.05) is 18.2 Å². The second-order valence-corrected chi connectivity index (χ2v) is 5.01. The molecule has 0 N–H and O–H groups in total. The second-order valence-electron chi connectivity index (χ2n) is 3.53. The van der Waals surface area contributed by atoms with Crippen LogP contribution in [0.25, 0.3) is 0 Å². The van der Waals surface area contributed by atoms with E-state index < -0.39 is 10.9 Å². The third kappa shape index (κ3) is 5.89.